The van der Waals surface area contributed by atoms with Crippen molar-refractivity contribution in [3.8, 4) is 0 Å². The van der Waals surface area contributed by atoms with E-state index in [1.165, 1.54) is 12.2 Å². The lowest BCUT2D eigenvalue weighted by molar-refractivity contribution is 0.408. The molecule has 3 heteroatoms. The summed E-state index contributed by atoms with van der Waals surface area (Å²) in [6.45, 7) is 3.40. The minimum Gasteiger partial charge on any atom is -0.327 e. The molecule has 0 radical (unpaired) electrons. The number of rotatable bonds is 3. The molecule has 58 valence electrons. The van der Waals surface area contributed by atoms with Gasteiger partial charge in [0.15, 0.2) is 0 Å². The number of halogens is 1. The van der Waals surface area contributed by atoms with E-state index in [4.69, 9.17) is 4.55 Å². The molecule has 0 saturated heterocycles. The zero-order valence-corrected chi connectivity index (χ0v) is 6.86. The van der Waals surface area contributed by atoms with Crippen molar-refractivity contribution in [1.29, 1.82) is 0 Å². The molecule has 0 rings (SSSR count). The second-order valence-corrected chi connectivity index (χ2v) is 2.60. The molecule has 0 aromatic rings. The van der Waals surface area contributed by atoms with Gasteiger partial charge in [-0.2, -0.15) is 0 Å². The van der Waals surface area contributed by atoms with Crippen LogP contribution in [0.1, 0.15) is 13.8 Å². The summed E-state index contributed by atoms with van der Waals surface area (Å²) in [5, 5.41) is -1.75. The van der Waals surface area contributed by atoms with Crippen LogP contribution in [0, 0.1) is 0 Å². The Morgan fingerprint density at radius 3 is 1.90 bits per heavy atom. The van der Waals surface area contributed by atoms with Gasteiger partial charge in [0.2, 0.25) is 5.00 Å². The quantitative estimate of drug-likeness (QED) is 0.508. The van der Waals surface area contributed by atoms with Gasteiger partial charge < -0.3 is 4.55 Å². The number of allylic oxidation sites excluding steroid dienone is 2. The molecule has 0 aliphatic heterocycles. The topological polar surface area (TPSA) is 20.2 Å². The summed E-state index contributed by atoms with van der Waals surface area (Å²) in [6, 6.07) is 0. The number of hydrogen-bond acceptors (Lipinski definition) is 2. The van der Waals surface area contributed by atoms with Gasteiger partial charge in [0.05, 0.1) is 0 Å². The first-order valence-corrected chi connectivity index (χ1v) is 3.75. The Kier molecular flexibility index (Phi) is 4.40. The van der Waals surface area contributed by atoms with Crippen LogP contribution in [0.5, 0.6) is 0 Å². The molecule has 0 aromatic carbocycles. The summed E-state index contributed by atoms with van der Waals surface area (Å²) in [7, 11) is 0. The molecule has 0 aliphatic rings. The predicted molar refractivity (Wildman–Crippen MR) is 43.7 cm³/mol. The van der Waals surface area contributed by atoms with Crippen LogP contribution in [0.25, 0.3) is 0 Å². The average molecular weight is 162 g/mol. The number of hydrogen-bond donors (Lipinski definition) is 1. The summed E-state index contributed by atoms with van der Waals surface area (Å²) >= 11 is 0.181. The highest BCUT2D eigenvalue weighted by Gasteiger charge is 2.21. The van der Waals surface area contributed by atoms with E-state index in [-0.39, 0.29) is 12.0 Å². The van der Waals surface area contributed by atoms with Gasteiger partial charge in [-0.1, -0.05) is 12.2 Å². The maximum absolute atomic E-state index is 13.1. The van der Waals surface area contributed by atoms with Gasteiger partial charge in [0.25, 0.3) is 0 Å². The Labute approximate surface area is 64.8 Å². The molecule has 1 nitrogen and oxygen atoms in total. The average Bonchev–Trinajstić information content (AvgIpc) is 1.89. The third-order valence-corrected chi connectivity index (χ3v) is 1.48. The Hall–Kier alpha value is -0.280. The molecular formula is C7H11FOS. The zero-order chi connectivity index (χ0) is 8.04. The van der Waals surface area contributed by atoms with E-state index in [2.05, 4.69) is 0 Å². The molecule has 0 fully saturated rings. The van der Waals surface area contributed by atoms with Crippen LogP contribution in [0.4, 0.5) is 4.39 Å². The fourth-order valence-corrected chi connectivity index (χ4v) is 0.965. The van der Waals surface area contributed by atoms with Crippen molar-refractivity contribution in [2.45, 2.75) is 18.8 Å². The molecule has 0 saturated carbocycles. The lowest BCUT2D eigenvalue weighted by Gasteiger charge is -2.10. The molecule has 1 N–H and O–H groups in total. The van der Waals surface area contributed by atoms with Crippen molar-refractivity contribution in [3.05, 3.63) is 24.3 Å². The molecule has 0 spiro atoms. The first kappa shape index (κ1) is 9.72. The molecule has 0 bridgehead atoms. The second kappa shape index (κ2) is 4.52. The van der Waals surface area contributed by atoms with Crippen LogP contribution in [-0.4, -0.2) is 9.55 Å². The van der Waals surface area contributed by atoms with Gasteiger partial charge in [-0.3, -0.25) is 0 Å². The Bertz CT molecular complexity index is 131. The lowest BCUT2D eigenvalue weighted by Crippen LogP contribution is -2.08. The highest BCUT2D eigenvalue weighted by molar-refractivity contribution is 7.95. The van der Waals surface area contributed by atoms with Crippen molar-refractivity contribution in [3.63, 3.8) is 0 Å². The molecule has 10 heavy (non-hydrogen) atoms. The zero-order valence-electron chi connectivity index (χ0n) is 6.04. The van der Waals surface area contributed by atoms with Gasteiger partial charge in [0.1, 0.15) is 0 Å². The van der Waals surface area contributed by atoms with E-state index in [0.29, 0.717) is 0 Å². The third kappa shape index (κ3) is 3.03. The van der Waals surface area contributed by atoms with Crippen LogP contribution in [0.2, 0.25) is 0 Å². The molecule has 0 amide bonds. The molecule has 0 unspecified atom stereocenters. The van der Waals surface area contributed by atoms with Gasteiger partial charge >= 0.3 is 0 Å². The largest absolute Gasteiger partial charge is 0.327 e. The van der Waals surface area contributed by atoms with Gasteiger partial charge in [-0.25, -0.2) is 4.39 Å². The van der Waals surface area contributed by atoms with Crippen molar-refractivity contribution in [1.82, 2.24) is 0 Å². The van der Waals surface area contributed by atoms with E-state index in [0.717, 1.165) is 0 Å². The summed E-state index contributed by atoms with van der Waals surface area (Å²) in [4.78, 5) is 0. The normalized spacial score (nSPS) is 18.4. The fraction of sp³-hybridized carbons (Fsp3) is 0.429. The van der Waals surface area contributed by atoms with Crippen LogP contribution < -0.4 is 0 Å². The van der Waals surface area contributed by atoms with Gasteiger partial charge in [0, 0.05) is 12.0 Å². The van der Waals surface area contributed by atoms with E-state index < -0.39 is 5.00 Å². The molecule has 0 aliphatic carbocycles. The van der Waals surface area contributed by atoms with E-state index in [1.807, 2.05) is 0 Å². The predicted octanol–water partition coefficient (Wildman–Crippen LogP) is 3.01. The summed E-state index contributed by atoms with van der Waals surface area (Å²) < 4.78 is 21.5. The monoisotopic (exact) mass is 162 g/mol. The Morgan fingerprint density at radius 1 is 1.30 bits per heavy atom. The van der Waals surface area contributed by atoms with Crippen LogP contribution in [-0.2, 0) is 0 Å². The molecule has 0 aromatic heterocycles. The maximum atomic E-state index is 13.1. The SMILES string of the molecule is CC=CC(F)(C=CC)SO. The highest BCUT2D eigenvalue weighted by Crippen LogP contribution is 2.27. The van der Waals surface area contributed by atoms with Crippen molar-refractivity contribution < 1.29 is 8.94 Å². The van der Waals surface area contributed by atoms with Crippen molar-refractivity contribution >= 4 is 12.0 Å². The fourth-order valence-electron chi connectivity index (χ4n) is 0.571. The molecule has 0 atom stereocenters. The van der Waals surface area contributed by atoms with Crippen LogP contribution in [0.15, 0.2) is 24.3 Å². The first-order valence-electron chi connectivity index (χ1n) is 2.97. The Morgan fingerprint density at radius 2 is 1.70 bits per heavy atom. The van der Waals surface area contributed by atoms with E-state index in [9.17, 15) is 4.39 Å². The summed E-state index contributed by atoms with van der Waals surface area (Å²) in [6.07, 6.45) is 5.70. The van der Waals surface area contributed by atoms with Crippen molar-refractivity contribution in [2.75, 3.05) is 0 Å². The molecule has 0 heterocycles. The van der Waals surface area contributed by atoms with E-state index >= 15 is 0 Å². The first-order chi connectivity index (χ1) is 4.68. The van der Waals surface area contributed by atoms with Crippen LogP contribution >= 0.6 is 12.0 Å². The van der Waals surface area contributed by atoms with Crippen LogP contribution in [0.3, 0.4) is 0 Å². The minimum atomic E-state index is -1.75. The third-order valence-electron chi connectivity index (χ3n) is 0.928. The maximum Gasteiger partial charge on any atom is 0.217 e. The lowest BCUT2D eigenvalue weighted by atomic mass is 10.3. The standard InChI is InChI=1S/C7H11FOS/c1-3-5-7(8,10-9)6-4-2/h3-6,9H,1-2H3. The highest BCUT2D eigenvalue weighted by atomic mass is 32.2. The molecular weight excluding hydrogens is 151 g/mol. The summed E-state index contributed by atoms with van der Waals surface area (Å²) in [5.74, 6) is 0. The van der Waals surface area contributed by atoms with Crippen molar-refractivity contribution in [2.24, 2.45) is 0 Å². The Balaban J connectivity index is 4.22. The smallest absolute Gasteiger partial charge is 0.217 e. The van der Waals surface area contributed by atoms with E-state index in [1.54, 1.807) is 26.0 Å². The van der Waals surface area contributed by atoms with Gasteiger partial charge in [-0.15, -0.1) is 0 Å². The summed E-state index contributed by atoms with van der Waals surface area (Å²) in [5.41, 5.74) is 0. The second-order valence-electron chi connectivity index (χ2n) is 1.79. The minimum absolute atomic E-state index is 0.181. The number of alkyl halides is 1. The van der Waals surface area contributed by atoms with Gasteiger partial charge in [-0.05, 0) is 26.0 Å².